The van der Waals surface area contributed by atoms with Crippen LogP contribution in [0.3, 0.4) is 0 Å². The molecule has 0 atom stereocenters. The van der Waals surface area contributed by atoms with Crippen molar-refractivity contribution in [3.63, 3.8) is 0 Å². The summed E-state index contributed by atoms with van der Waals surface area (Å²) >= 11 is 0. The molecule has 1 aliphatic rings. The van der Waals surface area contributed by atoms with Gasteiger partial charge in [0, 0.05) is 25.3 Å². The number of methoxy groups -OCH3 is 1. The number of ether oxygens (including phenoxy) is 1. The van der Waals surface area contributed by atoms with E-state index in [0.717, 1.165) is 13.0 Å². The molecule has 0 amide bonds. The molecule has 6 heteroatoms. The van der Waals surface area contributed by atoms with Crippen LogP contribution in [0.15, 0.2) is 53.4 Å². The highest BCUT2D eigenvalue weighted by molar-refractivity contribution is 7.89. The zero-order chi connectivity index (χ0) is 16.3. The zero-order valence-corrected chi connectivity index (χ0v) is 13.8. The van der Waals surface area contributed by atoms with Crippen LogP contribution in [-0.2, 0) is 16.4 Å². The van der Waals surface area contributed by atoms with E-state index in [4.69, 9.17) is 4.74 Å². The van der Waals surface area contributed by atoms with Gasteiger partial charge in [0.15, 0.2) is 0 Å². The van der Waals surface area contributed by atoms with E-state index in [1.165, 1.54) is 11.3 Å². The molecule has 0 aliphatic carbocycles. The molecule has 0 bridgehead atoms. The van der Waals surface area contributed by atoms with Gasteiger partial charge < -0.3 is 9.64 Å². The molecular formula is C17H20N2O3S. The lowest BCUT2D eigenvalue weighted by Crippen LogP contribution is -2.34. The van der Waals surface area contributed by atoms with Crippen molar-refractivity contribution in [2.45, 2.75) is 11.3 Å². The second kappa shape index (κ2) is 6.60. The number of sulfonamides is 1. The van der Waals surface area contributed by atoms with E-state index in [0.29, 0.717) is 18.8 Å². The Morgan fingerprint density at radius 2 is 1.87 bits per heavy atom. The van der Waals surface area contributed by atoms with E-state index < -0.39 is 10.0 Å². The smallest absolute Gasteiger partial charge is 0.240 e. The Kier molecular flexibility index (Phi) is 4.54. The summed E-state index contributed by atoms with van der Waals surface area (Å²) in [6.45, 7) is 1.97. The van der Waals surface area contributed by atoms with Crippen molar-refractivity contribution in [1.82, 2.24) is 4.72 Å². The molecule has 5 nitrogen and oxygen atoms in total. The zero-order valence-electron chi connectivity index (χ0n) is 13.0. The number of benzene rings is 2. The lowest BCUT2D eigenvalue weighted by atomic mass is 10.2. The fraction of sp³-hybridized carbons (Fsp3) is 0.294. The largest absolute Gasteiger partial charge is 0.497 e. The summed E-state index contributed by atoms with van der Waals surface area (Å²) in [5.74, 6) is 0.637. The molecule has 122 valence electrons. The average molecular weight is 332 g/mol. The molecule has 1 aliphatic heterocycles. The van der Waals surface area contributed by atoms with Gasteiger partial charge in [-0.2, -0.15) is 0 Å². The van der Waals surface area contributed by atoms with Crippen LogP contribution in [0.25, 0.3) is 0 Å². The highest BCUT2D eigenvalue weighted by atomic mass is 32.2. The van der Waals surface area contributed by atoms with E-state index >= 15 is 0 Å². The standard InChI is InChI=1S/C17H20N2O3S/c1-22-15-6-8-16(9-7-15)23(20,21)18-11-13-19-12-10-14-4-2-3-5-17(14)19/h2-9,18H,10-13H2,1H3. The van der Waals surface area contributed by atoms with Gasteiger partial charge in [-0.3, -0.25) is 0 Å². The summed E-state index contributed by atoms with van der Waals surface area (Å²) in [7, 11) is -1.94. The normalized spacial score (nSPS) is 13.9. The molecule has 0 fully saturated rings. The van der Waals surface area contributed by atoms with Crippen molar-refractivity contribution >= 4 is 15.7 Å². The van der Waals surface area contributed by atoms with Crippen molar-refractivity contribution < 1.29 is 13.2 Å². The average Bonchev–Trinajstić information content (AvgIpc) is 2.98. The van der Waals surface area contributed by atoms with Gasteiger partial charge in [0.2, 0.25) is 10.0 Å². The van der Waals surface area contributed by atoms with Gasteiger partial charge in [0.05, 0.1) is 12.0 Å². The molecule has 0 unspecified atom stereocenters. The monoisotopic (exact) mass is 332 g/mol. The minimum absolute atomic E-state index is 0.250. The van der Waals surface area contributed by atoms with E-state index in [2.05, 4.69) is 21.8 Å². The number of hydrogen-bond acceptors (Lipinski definition) is 4. The predicted molar refractivity (Wildman–Crippen MR) is 90.5 cm³/mol. The summed E-state index contributed by atoms with van der Waals surface area (Å²) < 4.78 is 32.3. The fourth-order valence-electron chi connectivity index (χ4n) is 2.79. The molecule has 2 aromatic carbocycles. The molecule has 0 saturated heterocycles. The van der Waals surface area contributed by atoms with Gasteiger partial charge in [0.25, 0.3) is 0 Å². The molecule has 0 spiro atoms. The third kappa shape index (κ3) is 3.48. The number of para-hydroxylation sites is 1. The molecular weight excluding hydrogens is 312 g/mol. The second-order valence-corrected chi connectivity index (χ2v) is 7.21. The molecule has 1 N–H and O–H groups in total. The quantitative estimate of drug-likeness (QED) is 0.879. The van der Waals surface area contributed by atoms with Crippen LogP contribution in [0.1, 0.15) is 5.56 Å². The molecule has 1 heterocycles. The van der Waals surface area contributed by atoms with E-state index in [1.54, 1.807) is 31.4 Å². The van der Waals surface area contributed by atoms with E-state index in [-0.39, 0.29) is 4.90 Å². The maximum absolute atomic E-state index is 12.3. The van der Waals surface area contributed by atoms with Crippen molar-refractivity contribution in [2.75, 3.05) is 31.6 Å². The van der Waals surface area contributed by atoms with Crippen LogP contribution in [-0.4, -0.2) is 35.2 Å². The number of hydrogen-bond donors (Lipinski definition) is 1. The van der Waals surface area contributed by atoms with Gasteiger partial charge >= 0.3 is 0 Å². The van der Waals surface area contributed by atoms with Crippen molar-refractivity contribution in [3.8, 4) is 5.75 Å². The van der Waals surface area contributed by atoms with Crippen LogP contribution in [0.4, 0.5) is 5.69 Å². The Balaban J connectivity index is 1.60. The molecule has 23 heavy (non-hydrogen) atoms. The minimum atomic E-state index is -3.49. The Morgan fingerprint density at radius 3 is 2.61 bits per heavy atom. The highest BCUT2D eigenvalue weighted by Gasteiger charge is 2.19. The van der Waals surface area contributed by atoms with Crippen LogP contribution in [0.5, 0.6) is 5.75 Å². The summed E-state index contributed by atoms with van der Waals surface area (Å²) in [6.07, 6.45) is 1.02. The van der Waals surface area contributed by atoms with E-state index in [9.17, 15) is 8.42 Å². The summed E-state index contributed by atoms with van der Waals surface area (Å²) in [6, 6.07) is 14.6. The van der Waals surface area contributed by atoms with Gasteiger partial charge in [-0.05, 0) is 42.3 Å². The van der Waals surface area contributed by atoms with Gasteiger partial charge in [0.1, 0.15) is 5.75 Å². The Hall–Kier alpha value is -2.05. The summed E-state index contributed by atoms with van der Waals surface area (Å²) in [5, 5.41) is 0. The van der Waals surface area contributed by atoms with Crippen molar-refractivity contribution in [1.29, 1.82) is 0 Å². The first kappa shape index (κ1) is 15.8. The molecule has 0 saturated carbocycles. The Morgan fingerprint density at radius 1 is 1.13 bits per heavy atom. The lowest BCUT2D eigenvalue weighted by Gasteiger charge is -2.19. The Labute approximate surface area is 136 Å². The first-order valence-electron chi connectivity index (χ1n) is 7.57. The molecule has 2 aromatic rings. The number of nitrogens with one attached hydrogen (secondary N) is 1. The number of fused-ring (bicyclic) bond motifs is 1. The van der Waals surface area contributed by atoms with Crippen LogP contribution in [0, 0.1) is 0 Å². The van der Waals surface area contributed by atoms with Gasteiger partial charge in [-0.15, -0.1) is 0 Å². The maximum atomic E-state index is 12.3. The summed E-state index contributed by atoms with van der Waals surface area (Å²) in [4.78, 5) is 2.46. The number of nitrogens with zero attached hydrogens (tertiary/aromatic N) is 1. The molecule has 0 radical (unpaired) electrons. The molecule has 0 aromatic heterocycles. The number of rotatable bonds is 6. The number of anilines is 1. The van der Waals surface area contributed by atoms with Crippen LogP contribution in [0.2, 0.25) is 0 Å². The van der Waals surface area contributed by atoms with Crippen molar-refractivity contribution in [2.24, 2.45) is 0 Å². The third-order valence-corrected chi connectivity index (χ3v) is 5.50. The first-order valence-corrected chi connectivity index (χ1v) is 9.05. The van der Waals surface area contributed by atoms with Gasteiger partial charge in [-0.25, -0.2) is 13.1 Å². The highest BCUT2D eigenvalue weighted by Crippen LogP contribution is 2.26. The predicted octanol–water partition coefficient (Wildman–Crippen LogP) is 2.04. The minimum Gasteiger partial charge on any atom is -0.497 e. The van der Waals surface area contributed by atoms with Crippen LogP contribution < -0.4 is 14.4 Å². The second-order valence-electron chi connectivity index (χ2n) is 5.44. The van der Waals surface area contributed by atoms with E-state index in [1.807, 2.05) is 12.1 Å². The van der Waals surface area contributed by atoms with Crippen LogP contribution >= 0.6 is 0 Å². The van der Waals surface area contributed by atoms with Gasteiger partial charge in [-0.1, -0.05) is 18.2 Å². The van der Waals surface area contributed by atoms with Crippen molar-refractivity contribution in [3.05, 3.63) is 54.1 Å². The first-order chi connectivity index (χ1) is 11.1. The maximum Gasteiger partial charge on any atom is 0.240 e. The summed E-state index contributed by atoms with van der Waals surface area (Å²) in [5.41, 5.74) is 2.53. The molecule has 3 rings (SSSR count). The fourth-order valence-corrected chi connectivity index (χ4v) is 3.81. The third-order valence-electron chi connectivity index (χ3n) is 4.03. The Bertz CT molecular complexity index is 773. The topological polar surface area (TPSA) is 58.6 Å². The SMILES string of the molecule is COc1ccc(S(=O)(=O)NCCN2CCc3ccccc32)cc1. The lowest BCUT2D eigenvalue weighted by molar-refractivity contribution is 0.414.